The standard InChI is InChI=1S/C42H63NO12/c1-53-35(40(50)43-26-25-29-23-24-33(45)34(46)28-29)22-15-11-8-9-13-18-30-19-17-20-31(30)32(44)21-14-10-6-4-2-3-5-7-12-16-27-54-42-38(49)36(47)37(48)39(55-42)41(51)52/h6,8,10-11,23-24,28,35-39,42,45-49H,2-5,7,9,12-22,25-27H2,1H3,(H,43,50)(H,51,52)/b10-6-,11-8-/t35-,36-,37-,38+,39-,42+/m0/s1. The maximum Gasteiger partial charge on any atom is 0.335 e. The number of amides is 1. The van der Waals surface area contributed by atoms with Crippen molar-refractivity contribution >= 4 is 17.7 Å². The number of ketones is 1. The van der Waals surface area contributed by atoms with Gasteiger partial charge in [-0.1, -0.05) is 61.6 Å². The summed E-state index contributed by atoms with van der Waals surface area (Å²) in [5, 5.41) is 60.6. The van der Waals surface area contributed by atoms with Crippen LogP contribution in [0.2, 0.25) is 0 Å². The average molecular weight is 774 g/mol. The van der Waals surface area contributed by atoms with Crippen molar-refractivity contribution in [3.63, 3.8) is 0 Å². The van der Waals surface area contributed by atoms with Crippen LogP contribution in [-0.4, -0.2) is 105 Å². The number of carboxylic acids is 1. The van der Waals surface area contributed by atoms with E-state index in [2.05, 4.69) is 29.6 Å². The summed E-state index contributed by atoms with van der Waals surface area (Å²) >= 11 is 0. The molecule has 0 bridgehead atoms. The Morgan fingerprint density at radius 2 is 1.53 bits per heavy atom. The molecule has 13 nitrogen and oxygen atoms in total. The van der Waals surface area contributed by atoms with Crippen molar-refractivity contribution in [2.45, 2.75) is 152 Å². The number of allylic oxidation sites excluding steroid dienone is 6. The molecule has 1 saturated heterocycles. The second-order valence-electron chi connectivity index (χ2n) is 14.4. The van der Waals surface area contributed by atoms with Gasteiger partial charge in [-0.2, -0.15) is 0 Å². The summed E-state index contributed by atoms with van der Waals surface area (Å²) in [4.78, 5) is 36.7. The average Bonchev–Trinajstić information content (AvgIpc) is 3.64. The van der Waals surface area contributed by atoms with Crippen LogP contribution in [0.15, 0.2) is 53.6 Å². The van der Waals surface area contributed by atoms with E-state index in [-0.39, 0.29) is 29.8 Å². The zero-order chi connectivity index (χ0) is 40.0. The highest BCUT2D eigenvalue weighted by Gasteiger charge is 2.47. The number of nitrogens with one attached hydrogen (secondary N) is 1. The molecule has 1 aliphatic carbocycles. The van der Waals surface area contributed by atoms with Crippen molar-refractivity contribution in [1.82, 2.24) is 5.32 Å². The summed E-state index contributed by atoms with van der Waals surface area (Å²) in [5.41, 5.74) is 3.17. The van der Waals surface area contributed by atoms with Gasteiger partial charge >= 0.3 is 5.97 Å². The molecule has 1 amide bonds. The number of unbranched alkanes of at least 4 members (excludes halogenated alkanes) is 7. The minimum absolute atomic E-state index is 0.173. The molecule has 1 aliphatic heterocycles. The summed E-state index contributed by atoms with van der Waals surface area (Å²) < 4.78 is 15.9. The predicted octanol–water partition coefficient (Wildman–Crippen LogP) is 5.30. The predicted molar refractivity (Wildman–Crippen MR) is 206 cm³/mol. The molecule has 2 aliphatic rings. The first-order valence-corrected chi connectivity index (χ1v) is 19.9. The van der Waals surface area contributed by atoms with Gasteiger partial charge in [0.05, 0.1) is 0 Å². The molecule has 308 valence electrons. The summed E-state index contributed by atoms with van der Waals surface area (Å²) in [6.45, 7) is 0.644. The van der Waals surface area contributed by atoms with Crippen LogP contribution >= 0.6 is 0 Å². The third-order valence-corrected chi connectivity index (χ3v) is 10.2. The van der Waals surface area contributed by atoms with Crippen LogP contribution in [-0.2, 0) is 35.0 Å². The van der Waals surface area contributed by atoms with Crippen LogP contribution in [0.3, 0.4) is 0 Å². The number of carbonyl (C=O) groups is 3. The van der Waals surface area contributed by atoms with E-state index in [0.29, 0.717) is 32.2 Å². The summed E-state index contributed by atoms with van der Waals surface area (Å²) in [5.74, 6) is -1.68. The van der Waals surface area contributed by atoms with E-state index in [1.807, 2.05) is 0 Å². The Kier molecular flexibility index (Phi) is 21.3. The van der Waals surface area contributed by atoms with Crippen molar-refractivity contribution < 1.29 is 59.2 Å². The first kappa shape index (κ1) is 45.8. The van der Waals surface area contributed by atoms with Gasteiger partial charge in [-0.25, -0.2) is 4.79 Å². The number of ether oxygens (including phenoxy) is 3. The van der Waals surface area contributed by atoms with Gasteiger partial charge in [0.25, 0.3) is 0 Å². The SMILES string of the molecule is CO[C@@H](CC/C=C\CCCC1=C(C(=O)CC/C=C\CCCCCCCCO[C@@H]2O[C@H](C(=O)O)[C@@H](O)[C@H](O)[C@H]2O)CCC1)C(=O)NCCc1ccc(O)c(O)c1. The van der Waals surface area contributed by atoms with Crippen LogP contribution in [0.1, 0.15) is 115 Å². The molecule has 0 saturated carbocycles. The highest BCUT2D eigenvalue weighted by Crippen LogP contribution is 2.31. The lowest BCUT2D eigenvalue weighted by molar-refractivity contribution is -0.294. The second kappa shape index (κ2) is 25.5. The Morgan fingerprint density at radius 3 is 2.25 bits per heavy atom. The van der Waals surface area contributed by atoms with Gasteiger partial charge in [0.2, 0.25) is 5.91 Å². The van der Waals surface area contributed by atoms with E-state index in [1.54, 1.807) is 6.07 Å². The molecule has 1 aromatic rings. The summed E-state index contributed by atoms with van der Waals surface area (Å²) in [7, 11) is 1.53. The molecule has 1 heterocycles. The monoisotopic (exact) mass is 773 g/mol. The van der Waals surface area contributed by atoms with E-state index < -0.39 is 42.8 Å². The van der Waals surface area contributed by atoms with Crippen molar-refractivity contribution in [2.75, 3.05) is 20.3 Å². The largest absolute Gasteiger partial charge is 0.504 e. The van der Waals surface area contributed by atoms with Crippen LogP contribution in [0.25, 0.3) is 0 Å². The minimum Gasteiger partial charge on any atom is -0.504 e. The van der Waals surface area contributed by atoms with Gasteiger partial charge in [0.1, 0.15) is 24.4 Å². The molecule has 13 heteroatoms. The number of Topliss-reactive ketones (excluding diaryl/α,β-unsaturated/α-hetero) is 1. The maximum atomic E-state index is 13.0. The number of rotatable bonds is 27. The van der Waals surface area contributed by atoms with E-state index in [0.717, 1.165) is 101 Å². The van der Waals surface area contributed by atoms with Crippen molar-refractivity contribution in [2.24, 2.45) is 0 Å². The van der Waals surface area contributed by atoms with Gasteiger partial charge in [-0.05, 0) is 107 Å². The van der Waals surface area contributed by atoms with Crippen LogP contribution in [0.5, 0.6) is 11.5 Å². The molecule has 0 spiro atoms. The molecule has 6 atom stereocenters. The number of carboxylic acid groups (broad SMARTS) is 1. The Balaban J connectivity index is 1.18. The first-order chi connectivity index (χ1) is 26.5. The summed E-state index contributed by atoms with van der Waals surface area (Å²) in [6.07, 6.45) is 15.8. The first-order valence-electron chi connectivity index (χ1n) is 19.9. The fraction of sp³-hybridized carbons (Fsp3) is 0.643. The number of methoxy groups -OCH3 is 1. The molecule has 55 heavy (non-hydrogen) atoms. The van der Waals surface area contributed by atoms with E-state index in [4.69, 9.17) is 19.3 Å². The number of phenols is 2. The molecule has 7 N–H and O–H groups in total. The molecule has 3 rings (SSSR count). The van der Waals surface area contributed by atoms with E-state index >= 15 is 0 Å². The number of hydrogen-bond acceptors (Lipinski definition) is 11. The third-order valence-electron chi connectivity index (χ3n) is 10.2. The number of aliphatic carboxylic acids is 1. The zero-order valence-electron chi connectivity index (χ0n) is 32.3. The lowest BCUT2D eigenvalue weighted by Crippen LogP contribution is -2.60. The van der Waals surface area contributed by atoms with Crippen LogP contribution in [0.4, 0.5) is 0 Å². The highest BCUT2D eigenvalue weighted by molar-refractivity contribution is 5.96. The lowest BCUT2D eigenvalue weighted by Gasteiger charge is -2.38. The molecule has 0 unspecified atom stereocenters. The van der Waals surface area contributed by atoms with Crippen molar-refractivity contribution in [1.29, 1.82) is 0 Å². The highest BCUT2D eigenvalue weighted by atomic mass is 16.7. The van der Waals surface area contributed by atoms with Gasteiger partial charge in [-0.15, -0.1) is 0 Å². The summed E-state index contributed by atoms with van der Waals surface area (Å²) in [6, 6.07) is 4.61. The molecule has 1 aromatic carbocycles. The number of aliphatic hydroxyl groups excluding tert-OH is 3. The number of aromatic hydroxyl groups is 2. The minimum atomic E-state index is -1.72. The topological polar surface area (TPSA) is 212 Å². The van der Waals surface area contributed by atoms with Crippen LogP contribution in [0, 0.1) is 0 Å². The fourth-order valence-corrected chi connectivity index (χ4v) is 6.92. The van der Waals surface area contributed by atoms with Gasteiger partial charge in [0.15, 0.2) is 29.7 Å². The Hall–Kier alpha value is -3.59. The zero-order valence-corrected chi connectivity index (χ0v) is 32.3. The molecule has 0 aromatic heterocycles. The van der Waals surface area contributed by atoms with Crippen molar-refractivity contribution in [3.05, 3.63) is 59.2 Å². The molecular weight excluding hydrogens is 710 g/mol. The second-order valence-corrected chi connectivity index (χ2v) is 14.4. The van der Waals surface area contributed by atoms with Gasteiger partial charge in [0, 0.05) is 26.7 Å². The number of phenolic OH excluding ortho intramolecular Hbond substituents is 2. The Bertz CT molecular complexity index is 1420. The number of hydrogen-bond donors (Lipinski definition) is 7. The lowest BCUT2D eigenvalue weighted by atomic mass is 9.99. The third kappa shape index (κ3) is 16.2. The van der Waals surface area contributed by atoms with Gasteiger partial charge in [-0.3, -0.25) is 9.59 Å². The molecular formula is C42H63NO12. The number of carbonyl (C=O) groups excluding carboxylic acids is 2. The number of aliphatic hydroxyl groups is 3. The van der Waals surface area contributed by atoms with Gasteiger partial charge < -0.3 is 50.2 Å². The smallest absolute Gasteiger partial charge is 0.335 e. The molecule has 0 radical (unpaired) electrons. The number of benzene rings is 1. The fourth-order valence-electron chi connectivity index (χ4n) is 6.92. The Labute approximate surface area is 325 Å². The quantitative estimate of drug-likeness (QED) is 0.0345. The van der Waals surface area contributed by atoms with E-state index in [1.165, 1.54) is 24.8 Å². The van der Waals surface area contributed by atoms with E-state index in [9.17, 15) is 39.9 Å². The Morgan fingerprint density at radius 1 is 0.836 bits per heavy atom. The molecule has 1 fully saturated rings. The van der Waals surface area contributed by atoms with Crippen LogP contribution < -0.4 is 5.32 Å². The normalized spacial score (nSPS) is 22.1. The maximum absolute atomic E-state index is 13.0. The van der Waals surface area contributed by atoms with Crippen molar-refractivity contribution in [3.8, 4) is 11.5 Å².